The number of rotatable bonds is 9. The molecule has 0 aliphatic rings. The van der Waals surface area contributed by atoms with Crippen molar-refractivity contribution in [2.45, 2.75) is 26.7 Å². The number of anilines is 2. The number of halogens is 1. The average Bonchev–Trinajstić information content (AvgIpc) is 3.36. The second-order valence-corrected chi connectivity index (χ2v) is 10.3. The third-order valence-corrected chi connectivity index (χ3v) is 7.55. The van der Waals surface area contributed by atoms with Crippen LogP contribution in [0, 0.1) is 12.7 Å². The highest BCUT2D eigenvalue weighted by Crippen LogP contribution is 2.38. The maximum absolute atomic E-state index is 15.2. The Morgan fingerprint density at radius 3 is 2.46 bits per heavy atom. The number of hydrogen-bond acceptors (Lipinski definition) is 6. The molecule has 2 amide bonds. The first kappa shape index (κ1) is 27.8. The SMILES string of the molecule is CCCC(=O)Nc1cc2c(Oc3ccc(NC(=O)c4sc(-c5ccccc5)nc4C)cc3F)cccc2cc1OC. The molecule has 41 heavy (non-hydrogen) atoms. The smallest absolute Gasteiger partial charge is 0.267 e. The Bertz CT molecular complexity index is 1740. The number of ether oxygens (including phenoxy) is 2. The number of carbonyl (C=O) groups excluding carboxylic acids is 2. The van der Waals surface area contributed by atoms with Gasteiger partial charge in [0.2, 0.25) is 5.91 Å². The minimum absolute atomic E-state index is 0.0109. The molecule has 1 heterocycles. The van der Waals surface area contributed by atoms with Gasteiger partial charge in [0.1, 0.15) is 21.4 Å². The van der Waals surface area contributed by atoms with E-state index in [-0.39, 0.29) is 23.3 Å². The summed E-state index contributed by atoms with van der Waals surface area (Å²) < 4.78 is 26.6. The molecule has 0 unspecified atom stereocenters. The van der Waals surface area contributed by atoms with Crippen LogP contribution in [-0.4, -0.2) is 23.9 Å². The average molecular weight is 570 g/mol. The highest BCUT2D eigenvalue weighted by molar-refractivity contribution is 7.17. The molecular formula is C32H28FN3O4S. The molecule has 4 aromatic carbocycles. The molecule has 0 fully saturated rings. The van der Waals surface area contributed by atoms with E-state index in [1.807, 2.05) is 43.3 Å². The van der Waals surface area contributed by atoms with Gasteiger partial charge in [-0.05, 0) is 49.1 Å². The van der Waals surface area contributed by atoms with Gasteiger partial charge in [0.05, 0.1) is 18.5 Å². The summed E-state index contributed by atoms with van der Waals surface area (Å²) in [4.78, 5) is 30.2. The van der Waals surface area contributed by atoms with Crippen molar-refractivity contribution >= 4 is 45.3 Å². The highest BCUT2D eigenvalue weighted by Gasteiger charge is 2.18. The lowest BCUT2D eigenvalue weighted by molar-refractivity contribution is -0.116. The fraction of sp³-hybridized carbons (Fsp3) is 0.156. The minimum Gasteiger partial charge on any atom is -0.495 e. The lowest BCUT2D eigenvalue weighted by Gasteiger charge is -2.15. The molecule has 5 rings (SSSR count). The number of carbonyl (C=O) groups is 2. The van der Waals surface area contributed by atoms with Gasteiger partial charge in [0, 0.05) is 29.1 Å². The molecule has 0 radical (unpaired) electrons. The number of amides is 2. The monoisotopic (exact) mass is 569 g/mol. The third kappa shape index (κ3) is 6.20. The number of hydrogen-bond donors (Lipinski definition) is 2. The van der Waals surface area contributed by atoms with Crippen molar-refractivity contribution in [1.82, 2.24) is 4.98 Å². The Kier molecular flexibility index (Phi) is 8.26. The second-order valence-electron chi connectivity index (χ2n) is 9.33. The summed E-state index contributed by atoms with van der Waals surface area (Å²) in [6, 6.07) is 22.8. The van der Waals surface area contributed by atoms with E-state index in [0.29, 0.717) is 46.0 Å². The summed E-state index contributed by atoms with van der Waals surface area (Å²) >= 11 is 1.28. The van der Waals surface area contributed by atoms with Gasteiger partial charge in [0.25, 0.3) is 5.91 Å². The van der Waals surface area contributed by atoms with E-state index >= 15 is 4.39 Å². The number of methoxy groups -OCH3 is 1. The van der Waals surface area contributed by atoms with E-state index in [1.54, 1.807) is 37.3 Å². The molecule has 208 valence electrons. The van der Waals surface area contributed by atoms with Crippen molar-refractivity contribution in [3.05, 3.63) is 95.3 Å². The molecule has 0 bridgehead atoms. The molecule has 1 aromatic heterocycles. The first-order chi connectivity index (χ1) is 19.9. The van der Waals surface area contributed by atoms with Crippen molar-refractivity contribution in [3.63, 3.8) is 0 Å². The number of nitrogens with zero attached hydrogens (tertiary/aromatic N) is 1. The number of aryl methyl sites for hydroxylation is 1. The lowest BCUT2D eigenvalue weighted by Crippen LogP contribution is -2.11. The van der Waals surface area contributed by atoms with Crippen molar-refractivity contribution in [1.29, 1.82) is 0 Å². The number of benzene rings is 4. The molecule has 0 aliphatic heterocycles. The van der Waals surface area contributed by atoms with Crippen LogP contribution in [0.25, 0.3) is 21.3 Å². The zero-order valence-electron chi connectivity index (χ0n) is 22.8. The van der Waals surface area contributed by atoms with Gasteiger partial charge in [0.15, 0.2) is 11.6 Å². The van der Waals surface area contributed by atoms with Gasteiger partial charge >= 0.3 is 0 Å². The largest absolute Gasteiger partial charge is 0.495 e. The van der Waals surface area contributed by atoms with Gasteiger partial charge in [-0.1, -0.05) is 49.4 Å². The number of nitrogens with one attached hydrogen (secondary N) is 2. The van der Waals surface area contributed by atoms with Crippen LogP contribution in [0.1, 0.15) is 35.1 Å². The van der Waals surface area contributed by atoms with Crippen LogP contribution in [0.4, 0.5) is 15.8 Å². The molecule has 7 nitrogen and oxygen atoms in total. The molecule has 0 saturated heterocycles. The van der Waals surface area contributed by atoms with E-state index < -0.39 is 5.82 Å². The summed E-state index contributed by atoms with van der Waals surface area (Å²) in [5.41, 5.74) is 2.32. The highest BCUT2D eigenvalue weighted by atomic mass is 32.1. The van der Waals surface area contributed by atoms with Crippen LogP contribution >= 0.6 is 11.3 Å². The first-order valence-electron chi connectivity index (χ1n) is 13.1. The summed E-state index contributed by atoms with van der Waals surface area (Å²) in [7, 11) is 1.53. The van der Waals surface area contributed by atoms with Crippen molar-refractivity contribution in [2.24, 2.45) is 0 Å². The minimum atomic E-state index is -0.643. The molecule has 0 spiro atoms. The number of fused-ring (bicyclic) bond motifs is 1. The molecule has 0 saturated carbocycles. The van der Waals surface area contributed by atoms with Gasteiger partial charge < -0.3 is 20.1 Å². The maximum atomic E-state index is 15.2. The molecule has 2 N–H and O–H groups in total. The summed E-state index contributed by atoms with van der Waals surface area (Å²) in [5.74, 6) is -0.232. The maximum Gasteiger partial charge on any atom is 0.267 e. The third-order valence-electron chi connectivity index (χ3n) is 6.34. The Morgan fingerprint density at radius 1 is 0.927 bits per heavy atom. The Hall–Kier alpha value is -4.76. The van der Waals surface area contributed by atoms with Crippen LogP contribution in [-0.2, 0) is 4.79 Å². The van der Waals surface area contributed by atoms with E-state index in [2.05, 4.69) is 15.6 Å². The molecule has 0 atom stereocenters. The zero-order valence-corrected chi connectivity index (χ0v) is 23.6. The van der Waals surface area contributed by atoms with Crippen LogP contribution in [0.2, 0.25) is 0 Å². The molecular weight excluding hydrogens is 541 g/mol. The standard InChI is InChI=1S/C32H28FN3O4S/c1-4-9-29(37)36-25-18-23-21(16-28(25)39-3)12-8-13-26(23)40-27-15-14-22(17-24(27)33)35-31(38)30-19(2)34-32(41-30)20-10-6-5-7-11-20/h5-8,10-18H,4,9H2,1-3H3,(H,35,38)(H,36,37). The topological polar surface area (TPSA) is 89.6 Å². The number of aromatic nitrogens is 1. The Morgan fingerprint density at radius 2 is 1.73 bits per heavy atom. The van der Waals surface area contributed by atoms with E-state index in [1.165, 1.54) is 30.6 Å². The van der Waals surface area contributed by atoms with Crippen molar-refractivity contribution < 1.29 is 23.5 Å². The quantitative estimate of drug-likeness (QED) is 0.187. The van der Waals surface area contributed by atoms with E-state index in [4.69, 9.17) is 9.47 Å². The van der Waals surface area contributed by atoms with Crippen LogP contribution in [0.15, 0.2) is 78.9 Å². The van der Waals surface area contributed by atoms with E-state index in [0.717, 1.165) is 16.0 Å². The van der Waals surface area contributed by atoms with Crippen LogP contribution < -0.4 is 20.1 Å². The molecule has 0 aliphatic carbocycles. The predicted octanol–water partition coefficient (Wildman–Crippen LogP) is 8.20. The van der Waals surface area contributed by atoms with Crippen molar-refractivity contribution in [2.75, 3.05) is 17.7 Å². The normalized spacial score (nSPS) is 10.8. The molecule has 9 heteroatoms. The van der Waals surface area contributed by atoms with Gasteiger partial charge in [-0.25, -0.2) is 9.37 Å². The van der Waals surface area contributed by atoms with Gasteiger partial charge in [-0.15, -0.1) is 11.3 Å². The lowest BCUT2D eigenvalue weighted by atomic mass is 10.1. The van der Waals surface area contributed by atoms with Crippen LogP contribution in [0.3, 0.4) is 0 Å². The Balaban J connectivity index is 1.36. The first-order valence-corrected chi connectivity index (χ1v) is 13.9. The zero-order chi connectivity index (χ0) is 28.9. The van der Waals surface area contributed by atoms with Gasteiger partial charge in [-0.3, -0.25) is 9.59 Å². The predicted molar refractivity (Wildman–Crippen MR) is 161 cm³/mol. The summed E-state index contributed by atoms with van der Waals surface area (Å²) in [5, 5.41) is 7.84. The second kappa shape index (κ2) is 12.2. The molecule has 5 aromatic rings. The number of thiazole rings is 1. The van der Waals surface area contributed by atoms with Crippen LogP contribution in [0.5, 0.6) is 17.2 Å². The fourth-order valence-corrected chi connectivity index (χ4v) is 5.32. The van der Waals surface area contributed by atoms with Gasteiger partial charge in [-0.2, -0.15) is 0 Å². The summed E-state index contributed by atoms with van der Waals surface area (Å²) in [6.07, 6.45) is 1.09. The Labute approximate surface area is 241 Å². The fourth-order valence-electron chi connectivity index (χ4n) is 4.35. The summed E-state index contributed by atoms with van der Waals surface area (Å²) in [6.45, 7) is 3.70. The van der Waals surface area contributed by atoms with E-state index in [9.17, 15) is 9.59 Å². The van der Waals surface area contributed by atoms with Crippen molar-refractivity contribution in [3.8, 4) is 27.8 Å².